The van der Waals surface area contributed by atoms with Crippen LogP contribution >= 0.6 is 0 Å². The molecule has 1 aliphatic carbocycles. The summed E-state index contributed by atoms with van der Waals surface area (Å²) in [6.45, 7) is 1.09. The number of hydrazine groups is 1. The fraction of sp³-hybridized carbons (Fsp3) is 0.750. The molecule has 3 N–H and O–H groups in total. The van der Waals surface area contributed by atoms with E-state index < -0.39 is 5.91 Å². The van der Waals surface area contributed by atoms with Crippen LogP contribution in [-0.2, 0) is 16.0 Å². The van der Waals surface area contributed by atoms with Gasteiger partial charge in [0.25, 0.3) is 5.91 Å². The molecule has 1 saturated carbocycles. The highest BCUT2D eigenvalue weighted by Crippen LogP contribution is 2.22. The second kappa shape index (κ2) is 7.32. The zero-order valence-corrected chi connectivity index (χ0v) is 11.6. The summed E-state index contributed by atoms with van der Waals surface area (Å²) in [4.78, 5) is 11.2. The first kappa shape index (κ1) is 14.9. The van der Waals surface area contributed by atoms with E-state index in [1.54, 1.807) is 18.0 Å². The molecule has 1 amide bonds. The molecule has 112 valence electrons. The summed E-state index contributed by atoms with van der Waals surface area (Å²) in [6, 6.07) is 0. The van der Waals surface area contributed by atoms with Crippen molar-refractivity contribution in [3.05, 3.63) is 11.9 Å². The molecule has 0 bridgehead atoms. The number of nitrogen functional groups attached to an aromatic ring is 1. The van der Waals surface area contributed by atoms with Gasteiger partial charge in [0, 0.05) is 7.11 Å². The Bertz CT molecular complexity index is 436. The molecule has 2 unspecified atom stereocenters. The van der Waals surface area contributed by atoms with E-state index in [-0.39, 0.29) is 11.8 Å². The summed E-state index contributed by atoms with van der Waals surface area (Å²) < 4.78 is 12.8. The van der Waals surface area contributed by atoms with Crippen LogP contribution in [0, 0.1) is 0 Å². The number of rotatable bonds is 6. The van der Waals surface area contributed by atoms with Crippen molar-refractivity contribution in [2.45, 2.75) is 44.4 Å². The Balaban J connectivity index is 1.72. The summed E-state index contributed by atoms with van der Waals surface area (Å²) in [6.07, 6.45) is 6.34. The van der Waals surface area contributed by atoms with Gasteiger partial charge in [-0.05, 0) is 25.7 Å². The van der Waals surface area contributed by atoms with Gasteiger partial charge in [0.2, 0.25) is 0 Å². The maximum atomic E-state index is 11.2. The molecular weight excluding hydrogens is 262 g/mol. The molecule has 1 aromatic rings. The minimum atomic E-state index is -0.451. The number of carbonyl (C=O) groups excluding carboxylic acids is 1. The van der Waals surface area contributed by atoms with E-state index in [0.717, 1.165) is 25.7 Å². The Hall–Kier alpha value is -1.51. The van der Waals surface area contributed by atoms with Gasteiger partial charge in [-0.2, -0.15) is 0 Å². The van der Waals surface area contributed by atoms with Crippen LogP contribution in [0.1, 0.15) is 36.2 Å². The van der Waals surface area contributed by atoms with Crippen molar-refractivity contribution in [1.29, 1.82) is 0 Å². The smallest absolute Gasteiger partial charge is 0.287 e. The first-order chi connectivity index (χ1) is 9.72. The van der Waals surface area contributed by atoms with Gasteiger partial charge < -0.3 is 9.47 Å². The zero-order valence-electron chi connectivity index (χ0n) is 11.6. The predicted octanol–water partition coefficient (Wildman–Crippen LogP) is -0.144. The fourth-order valence-electron chi connectivity index (χ4n) is 2.37. The second-order valence-corrected chi connectivity index (χ2v) is 4.86. The van der Waals surface area contributed by atoms with Crippen molar-refractivity contribution in [2.24, 2.45) is 5.84 Å². The number of aromatic nitrogens is 3. The topological polar surface area (TPSA) is 104 Å². The summed E-state index contributed by atoms with van der Waals surface area (Å²) in [5, 5.41) is 7.57. The minimum Gasteiger partial charge on any atom is -0.381 e. The van der Waals surface area contributed by atoms with E-state index in [1.807, 2.05) is 5.43 Å². The normalized spacial score (nSPS) is 22.7. The highest BCUT2D eigenvalue weighted by atomic mass is 16.5. The molecule has 2 rings (SSSR count). The van der Waals surface area contributed by atoms with Crippen LogP contribution < -0.4 is 11.3 Å². The standard InChI is InChI=1S/C12H21N5O3/c1-19-9-3-2-4-10(7-9)20-6-5-17-8-11(15-16-17)12(18)14-13/h8-10H,2-7,13H2,1H3,(H,14,18). The molecule has 8 nitrogen and oxygen atoms in total. The van der Waals surface area contributed by atoms with Crippen molar-refractivity contribution >= 4 is 5.91 Å². The monoisotopic (exact) mass is 283 g/mol. The number of nitrogens with zero attached hydrogens (tertiary/aromatic N) is 3. The van der Waals surface area contributed by atoms with Crippen LogP contribution in [0.5, 0.6) is 0 Å². The van der Waals surface area contributed by atoms with Crippen LogP contribution in [0.25, 0.3) is 0 Å². The van der Waals surface area contributed by atoms with Gasteiger partial charge in [-0.15, -0.1) is 5.10 Å². The van der Waals surface area contributed by atoms with Gasteiger partial charge in [-0.25, -0.2) is 10.5 Å². The minimum absolute atomic E-state index is 0.199. The maximum Gasteiger partial charge on any atom is 0.287 e. The number of hydrogen-bond donors (Lipinski definition) is 2. The number of amides is 1. The predicted molar refractivity (Wildman–Crippen MR) is 70.7 cm³/mol. The fourth-order valence-corrected chi connectivity index (χ4v) is 2.37. The molecule has 1 aliphatic rings. The van der Waals surface area contributed by atoms with Crippen LogP contribution in [0.3, 0.4) is 0 Å². The van der Waals surface area contributed by atoms with Crippen LogP contribution in [0.2, 0.25) is 0 Å². The Morgan fingerprint density at radius 1 is 1.55 bits per heavy atom. The number of nitrogens with two attached hydrogens (primary N) is 1. The first-order valence-corrected chi connectivity index (χ1v) is 6.78. The zero-order chi connectivity index (χ0) is 14.4. The molecule has 1 aromatic heterocycles. The SMILES string of the molecule is COC1CCCC(OCCn2cc(C(=O)NN)nn2)C1. The maximum absolute atomic E-state index is 11.2. The average molecular weight is 283 g/mol. The quantitative estimate of drug-likeness (QED) is 0.427. The third-order valence-electron chi connectivity index (χ3n) is 3.49. The average Bonchev–Trinajstić information content (AvgIpc) is 2.95. The van der Waals surface area contributed by atoms with E-state index in [1.165, 1.54) is 0 Å². The molecule has 1 fully saturated rings. The molecule has 8 heteroatoms. The van der Waals surface area contributed by atoms with Crippen molar-refractivity contribution in [1.82, 2.24) is 20.4 Å². The van der Waals surface area contributed by atoms with Gasteiger partial charge >= 0.3 is 0 Å². The molecular formula is C12H21N5O3. The van der Waals surface area contributed by atoms with Gasteiger partial charge in [0.05, 0.1) is 31.6 Å². The summed E-state index contributed by atoms with van der Waals surface area (Å²) >= 11 is 0. The number of ether oxygens (including phenoxy) is 2. The van der Waals surface area contributed by atoms with Gasteiger partial charge in [-0.1, -0.05) is 5.21 Å². The lowest BCUT2D eigenvalue weighted by atomic mass is 9.95. The van der Waals surface area contributed by atoms with E-state index in [2.05, 4.69) is 10.3 Å². The van der Waals surface area contributed by atoms with Gasteiger partial charge in [0.15, 0.2) is 5.69 Å². The van der Waals surface area contributed by atoms with Crippen LogP contribution in [0.15, 0.2) is 6.20 Å². The molecule has 1 heterocycles. The highest BCUT2D eigenvalue weighted by molar-refractivity contribution is 5.91. The van der Waals surface area contributed by atoms with Crippen molar-refractivity contribution < 1.29 is 14.3 Å². The number of hydrogen-bond acceptors (Lipinski definition) is 6. The van der Waals surface area contributed by atoms with Crippen molar-refractivity contribution in [2.75, 3.05) is 13.7 Å². The summed E-state index contributed by atoms with van der Waals surface area (Å²) in [7, 11) is 1.74. The Labute approximate surface area is 117 Å². The molecule has 20 heavy (non-hydrogen) atoms. The van der Waals surface area contributed by atoms with E-state index in [4.69, 9.17) is 15.3 Å². The highest BCUT2D eigenvalue weighted by Gasteiger charge is 2.22. The van der Waals surface area contributed by atoms with Crippen molar-refractivity contribution in [3.8, 4) is 0 Å². The molecule has 2 atom stereocenters. The first-order valence-electron chi connectivity index (χ1n) is 6.78. The Morgan fingerprint density at radius 2 is 2.35 bits per heavy atom. The molecule has 0 saturated heterocycles. The lowest BCUT2D eigenvalue weighted by Gasteiger charge is -2.28. The number of nitrogens with one attached hydrogen (secondary N) is 1. The van der Waals surface area contributed by atoms with E-state index in [9.17, 15) is 4.79 Å². The molecule has 0 aliphatic heterocycles. The third-order valence-corrected chi connectivity index (χ3v) is 3.49. The molecule has 0 aromatic carbocycles. The number of methoxy groups -OCH3 is 1. The van der Waals surface area contributed by atoms with Gasteiger partial charge in [-0.3, -0.25) is 10.2 Å². The lowest BCUT2D eigenvalue weighted by Crippen LogP contribution is -2.30. The Morgan fingerprint density at radius 3 is 3.10 bits per heavy atom. The van der Waals surface area contributed by atoms with E-state index >= 15 is 0 Å². The third kappa shape index (κ3) is 3.99. The lowest BCUT2D eigenvalue weighted by molar-refractivity contribution is -0.0320. The molecule has 0 spiro atoms. The largest absolute Gasteiger partial charge is 0.381 e. The molecule has 0 radical (unpaired) electrons. The summed E-state index contributed by atoms with van der Waals surface area (Å²) in [5.41, 5.74) is 2.21. The number of carbonyl (C=O) groups is 1. The van der Waals surface area contributed by atoms with Gasteiger partial charge in [0.1, 0.15) is 0 Å². The van der Waals surface area contributed by atoms with Crippen LogP contribution in [-0.4, -0.2) is 46.8 Å². The Kier molecular flexibility index (Phi) is 5.45. The second-order valence-electron chi connectivity index (χ2n) is 4.86. The van der Waals surface area contributed by atoms with Crippen molar-refractivity contribution in [3.63, 3.8) is 0 Å². The van der Waals surface area contributed by atoms with E-state index in [0.29, 0.717) is 19.3 Å². The van der Waals surface area contributed by atoms with Crippen LogP contribution in [0.4, 0.5) is 0 Å². The summed E-state index contributed by atoms with van der Waals surface area (Å²) in [5.74, 6) is 4.57.